The third kappa shape index (κ3) is 3.37. The lowest BCUT2D eigenvalue weighted by Gasteiger charge is -2.09. The van der Waals surface area contributed by atoms with Crippen molar-refractivity contribution in [3.63, 3.8) is 0 Å². The Labute approximate surface area is 117 Å². The molecular formula is C14H14Cl2N2. The quantitative estimate of drug-likeness (QED) is 0.901. The molecule has 2 rings (SSSR count). The van der Waals surface area contributed by atoms with Gasteiger partial charge in [0.05, 0.1) is 0 Å². The molecule has 0 bridgehead atoms. The van der Waals surface area contributed by atoms with E-state index in [0.29, 0.717) is 5.02 Å². The van der Waals surface area contributed by atoms with Gasteiger partial charge in [-0.3, -0.25) is 4.98 Å². The summed E-state index contributed by atoms with van der Waals surface area (Å²) in [6.45, 7) is 2.86. The summed E-state index contributed by atoms with van der Waals surface area (Å²) < 4.78 is 0. The van der Waals surface area contributed by atoms with Crippen molar-refractivity contribution < 1.29 is 0 Å². The summed E-state index contributed by atoms with van der Waals surface area (Å²) in [5, 5.41) is 4.76. The highest BCUT2D eigenvalue weighted by molar-refractivity contribution is 6.35. The Balaban J connectivity index is 1.95. The summed E-state index contributed by atoms with van der Waals surface area (Å²) in [5.74, 6) is 0. The molecule has 0 atom stereocenters. The lowest BCUT2D eigenvalue weighted by Crippen LogP contribution is -2.06. The number of anilines is 1. The molecule has 2 aromatic rings. The molecule has 0 amide bonds. The van der Waals surface area contributed by atoms with E-state index in [0.717, 1.165) is 34.8 Å². The van der Waals surface area contributed by atoms with E-state index >= 15 is 0 Å². The van der Waals surface area contributed by atoms with Crippen LogP contribution in [0.2, 0.25) is 10.0 Å². The molecule has 0 saturated carbocycles. The highest BCUT2D eigenvalue weighted by Crippen LogP contribution is 2.21. The molecule has 0 spiro atoms. The average molecular weight is 281 g/mol. The Bertz CT molecular complexity index is 541. The van der Waals surface area contributed by atoms with Crippen LogP contribution in [0.1, 0.15) is 11.1 Å². The van der Waals surface area contributed by atoms with Gasteiger partial charge in [0.15, 0.2) is 0 Å². The molecule has 18 heavy (non-hydrogen) atoms. The van der Waals surface area contributed by atoms with Gasteiger partial charge < -0.3 is 5.32 Å². The second-order valence-corrected chi connectivity index (χ2v) is 4.95. The molecule has 1 aromatic carbocycles. The molecule has 0 aliphatic rings. The number of benzene rings is 1. The fourth-order valence-electron chi connectivity index (χ4n) is 1.73. The van der Waals surface area contributed by atoms with Crippen LogP contribution in [-0.4, -0.2) is 11.5 Å². The molecule has 1 aromatic heterocycles. The summed E-state index contributed by atoms with van der Waals surface area (Å²) in [5.41, 5.74) is 3.34. The first-order valence-corrected chi connectivity index (χ1v) is 6.51. The lowest BCUT2D eigenvalue weighted by molar-refractivity contribution is 1.01. The standard InChI is InChI=1S/C14H14Cl2N2/c1-10-9-17-6-5-14(10)18-7-4-11-2-3-12(15)8-13(11)16/h2-3,5-6,8-9H,4,7H2,1H3,(H,17,18). The number of aryl methyl sites for hydroxylation is 1. The minimum absolute atomic E-state index is 0.668. The number of pyridine rings is 1. The highest BCUT2D eigenvalue weighted by atomic mass is 35.5. The third-order valence-corrected chi connectivity index (χ3v) is 3.33. The van der Waals surface area contributed by atoms with Crippen molar-refractivity contribution in [3.8, 4) is 0 Å². The van der Waals surface area contributed by atoms with Gasteiger partial charge in [0.25, 0.3) is 0 Å². The second kappa shape index (κ2) is 6.07. The van der Waals surface area contributed by atoms with Crippen LogP contribution in [0.25, 0.3) is 0 Å². The molecule has 0 aliphatic carbocycles. The Morgan fingerprint density at radius 3 is 2.78 bits per heavy atom. The van der Waals surface area contributed by atoms with Crippen molar-refractivity contribution in [2.24, 2.45) is 0 Å². The predicted molar refractivity (Wildman–Crippen MR) is 77.6 cm³/mol. The van der Waals surface area contributed by atoms with E-state index in [1.165, 1.54) is 0 Å². The molecule has 1 N–H and O–H groups in total. The van der Waals surface area contributed by atoms with Gasteiger partial charge in [-0.2, -0.15) is 0 Å². The first kappa shape index (κ1) is 13.2. The Morgan fingerprint density at radius 2 is 2.06 bits per heavy atom. The summed E-state index contributed by atoms with van der Waals surface area (Å²) in [6, 6.07) is 7.57. The molecule has 2 nitrogen and oxygen atoms in total. The van der Waals surface area contributed by atoms with Crippen molar-refractivity contribution in [2.75, 3.05) is 11.9 Å². The van der Waals surface area contributed by atoms with E-state index in [2.05, 4.69) is 10.3 Å². The highest BCUT2D eigenvalue weighted by Gasteiger charge is 2.02. The van der Waals surface area contributed by atoms with E-state index in [1.54, 1.807) is 12.3 Å². The van der Waals surface area contributed by atoms with Crippen LogP contribution in [0.4, 0.5) is 5.69 Å². The molecule has 94 valence electrons. The van der Waals surface area contributed by atoms with E-state index in [9.17, 15) is 0 Å². The molecule has 0 aliphatic heterocycles. The van der Waals surface area contributed by atoms with Crippen LogP contribution in [0.15, 0.2) is 36.7 Å². The minimum Gasteiger partial charge on any atom is -0.384 e. The normalized spacial score (nSPS) is 10.4. The van der Waals surface area contributed by atoms with Gasteiger partial charge in [-0.1, -0.05) is 29.3 Å². The van der Waals surface area contributed by atoms with Gasteiger partial charge in [0.2, 0.25) is 0 Å². The Hall–Kier alpha value is -1.25. The summed E-state index contributed by atoms with van der Waals surface area (Å²) >= 11 is 12.0. The lowest BCUT2D eigenvalue weighted by atomic mass is 10.1. The third-order valence-electron chi connectivity index (χ3n) is 2.75. The zero-order valence-corrected chi connectivity index (χ0v) is 11.6. The van der Waals surface area contributed by atoms with Gasteiger partial charge in [0.1, 0.15) is 0 Å². The van der Waals surface area contributed by atoms with E-state index in [-0.39, 0.29) is 0 Å². The van der Waals surface area contributed by atoms with Gasteiger partial charge in [0, 0.05) is 34.7 Å². The number of halogens is 2. The largest absolute Gasteiger partial charge is 0.384 e. The zero-order valence-electron chi connectivity index (χ0n) is 10.1. The van der Waals surface area contributed by atoms with Crippen molar-refractivity contribution in [3.05, 3.63) is 57.8 Å². The van der Waals surface area contributed by atoms with E-state index in [1.807, 2.05) is 31.3 Å². The molecular weight excluding hydrogens is 267 g/mol. The van der Waals surface area contributed by atoms with Crippen molar-refractivity contribution >= 4 is 28.9 Å². The van der Waals surface area contributed by atoms with Crippen molar-refractivity contribution in [1.29, 1.82) is 0 Å². The fraction of sp³-hybridized carbons (Fsp3) is 0.214. The number of hydrogen-bond donors (Lipinski definition) is 1. The smallest absolute Gasteiger partial charge is 0.0453 e. The monoisotopic (exact) mass is 280 g/mol. The maximum Gasteiger partial charge on any atom is 0.0453 e. The van der Waals surface area contributed by atoms with Gasteiger partial charge in [-0.15, -0.1) is 0 Å². The molecule has 0 fully saturated rings. The maximum atomic E-state index is 6.12. The fourth-order valence-corrected chi connectivity index (χ4v) is 2.23. The average Bonchev–Trinajstić information content (AvgIpc) is 2.34. The Morgan fingerprint density at radius 1 is 1.22 bits per heavy atom. The minimum atomic E-state index is 0.668. The van der Waals surface area contributed by atoms with E-state index in [4.69, 9.17) is 23.2 Å². The van der Waals surface area contributed by atoms with E-state index < -0.39 is 0 Å². The SMILES string of the molecule is Cc1cnccc1NCCc1ccc(Cl)cc1Cl. The molecule has 0 saturated heterocycles. The van der Waals surface area contributed by atoms with Crippen LogP contribution >= 0.6 is 23.2 Å². The molecule has 4 heteroatoms. The number of hydrogen-bond acceptors (Lipinski definition) is 2. The molecule has 1 heterocycles. The predicted octanol–water partition coefficient (Wildman–Crippen LogP) is 4.35. The van der Waals surface area contributed by atoms with Crippen LogP contribution in [0.5, 0.6) is 0 Å². The van der Waals surface area contributed by atoms with Gasteiger partial charge in [-0.05, 0) is 42.7 Å². The van der Waals surface area contributed by atoms with Crippen LogP contribution in [-0.2, 0) is 6.42 Å². The first-order valence-electron chi connectivity index (χ1n) is 5.75. The number of nitrogens with zero attached hydrogens (tertiary/aromatic N) is 1. The van der Waals surface area contributed by atoms with Gasteiger partial charge >= 0.3 is 0 Å². The second-order valence-electron chi connectivity index (χ2n) is 4.10. The van der Waals surface area contributed by atoms with Crippen molar-refractivity contribution in [1.82, 2.24) is 4.98 Å². The first-order chi connectivity index (χ1) is 8.66. The number of rotatable bonds is 4. The number of nitrogens with one attached hydrogen (secondary N) is 1. The van der Waals surface area contributed by atoms with Crippen LogP contribution in [0, 0.1) is 6.92 Å². The molecule has 0 radical (unpaired) electrons. The zero-order chi connectivity index (χ0) is 13.0. The van der Waals surface area contributed by atoms with Gasteiger partial charge in [-0.25, -0.2) is 0 Å². The van der Waals surface area contributed by atoms with Crippen LogP contribution in [0.3, 0.4) is 0 Å². The Kier molecular flexibility index (Phi) is 4.45. The number of aromatic nitrogens is 1. The van der Waals surface area contributed by atoms with Crippen molar-refractivity contribution in [2.45, 2.75) is 13.3 Å². The summed E-state index contributed by atoms with van der Waals surface area (Å²) in [4.78, 5) is 4.06. The topological polar surface area (TPSA) is 24.9 Å². The summed E-state index contributed by atoms with van der Waals surface area (Å²) in [7, 11) is 0. The maximum absolute atomic E-state index is 6.12. The summed E-state index contributed by atoms with van der Waals surface area (Å²) in [6.07, 6.45) is 4.49. The van der Waals surface area contributed by atoms with Crippen LogP contribution < -0.4 is 5.32 Å². The molecule has 0 unspecified atom stereocenters.